The van der Waals surface area contributed by atoms with E-state index in [1.807, 2.05) is 0 Å². The molecule has 1 aliphatic heterocycles. The van der Waals surface area contributed by atoms with Crippen LogP contribution in [0.15, 0.2) is 0 Å². The maximum atomic E-state index is 2.67. The van der Waals surface area contributed by atoms with Gasteiger partial charge in [0.15, 0.2) is 0 Å². The molecular weight excluding hydrogens is 155 g/mol. The van der Waals surface area contributed by atoms with Gasteiger partial charge >= 0.3 is 0 Å². The average molecular weight is 177 g/mol. The van der Waals surface area contributed by atoms with Crippen molar-refractivity contribution in [3.8, 4) is 0 Å². The van der Waals surface area contributed by atoms with Crippen LogP contribution in [0, 0.1) is 0 Å². The summed E-state index contributed by atoms with van der Waals surface area (Å²) in [6.07, 6.45) is 2.63. The smallest absolute Gasteiger partial charge is 0.127 e. The van der Waals surface area contributed by atoms with Gasteiger partial charge in [-0.2, -0.15) is 0 Å². The van der Waals surface area contributed by atoms with Crippen molar-refractivity contribution >= 4 is 23.5 Å². The normalized spacial score (nSPS) is 35.1. The lowest BCUT2D eigenvalue weighted by atomic mass is 9.59. The standard InChI is InChI=1S/C9H22B3N/c1-7(2,3)13-8(4,10)5-6-9(13,11)12/h5-6,10-12H2,1-4H3. The van der Waals surface area contributed by atoms with Crippen LogP contribution in [-0.4, -0.2) is 44.8 Å². The lowest BCUT2D eigenvalue weighted by molar-refractivity contribution is 0.0762. The molecule has 1 saturated heterocycles. The van der Waals surface area contributed by atoms with Crippen LogP contribution < -0.4 is 0 Å². The molecule has 1 rings (SSSR count). The summed E-state index contributed by atoms with van der Waals surface area (Å²) < 4.78 is 0. The maximum absolute atomic E-state index is 2.67. The van der Waals surface area contributed by atoms with E-state index in [2.05, 4.69) is 56.1 Å². The van der Waals surface area contributed by atoms with Gasteiger partial charge in [0.25, 0.3) is 0 Å². The molecule has 1 nitrogen and oxygen atoms in total. The Kier molecular flexibility index (Phi) is 2.44. The summed E-state index contributed by atoms with van der Waals surface area (Å²) >= 11 is 0. The highest BCUT2D eigenvalue weighted by Gasteiger charge is 2.48. The highest BCUT2D eigenvalue weighted by Crippen LogP contribution is 2.40. The molecule has 1 atom stereocenters. The SMILES string of the molecule is BC1(B)CCC(B)(C)N1C(C)(C)C. The fourth-order valence-electron chi connectivity index (χ4n) is 3.47. The molecule has 72 valence electrons. The lowest BCUT2D eigenvalue weighted by Gasteiger charge is -2.50. The molecule has 1 aliphatic rings. The number of hydrogen-bond acceptors (Lipinski definition) is 1. The monoisotopic (exact) mass is 177 g/mol. The third-order valence-corrected chi connectivity index (χ3v) is 3.23. The van der Waals surface area contributed by atoms with Crippen molar-refractivity contribution in [1.29, 1.82) is 0 Å². The van der Waals surface area contributed by atoms with E-state index in [1.54, 1.807) is 0 Å². The van der Waals surface area contributed by atoms with Gasteiger partial charge in [0.05, 0.1) is 0 Å². The van der Waals surface area contributed by atoms with Crippen LogP contribution in [0.25, 0.3) is 0 Å². The minimum absolute atomic E-state index is 0.281. The highest BCUT2D eigenvalue weighted by molar-refractivity contribution is 6.40. The van der Waals surface area contributed by atoms with E-state index in [0.29, 0.717) is 10.8 Å². The fourth-order valence-corrected chi connectivity index (χ4v) is 3.47. The Hall–Kier alpha value is 0.155. The zero-order valence-electron chi connectivity index (χ0n) is 10.4. The van der Waals surface area contributed by atoms with Gasteiger partial charge in [0, 0.05) is 5.54 Å². The van der Waals surface area contributed by atoms with Crippen LogP contribution in [0.3, 0.4) is 0 Å². The molecule has 0 radical (unpaired) electrons. The number of likely N-dealkylation sites (tertiary alicyclic amines) is 1. The molecule has 4 heteroatoms. The van der Waals surface area contributed by atoms with Gasteiger partial charge in [-0.25, -0.2) is 0 Å². The summed E-state index contributed by atoms with van der Waals surface area (Å²) in [7, 11) is 7.10. The number of nitrogens with zero attached hydrogens (tertiary/aromatic N) is 1. The summed E-state index contributed by atoms with van der Waals surface area (Å²) in [4.78, 5) is 2.67. The minimum atomic E-state index is 0.281. The zero-order chi connectivity index (χ0) is 10.5. The van der Waals surface area contributed by atoms with Crippen LogP contribution in [0.2, 0.25) is 0 Å². The first-order chi connectivity index (χ1) is 5.57. The van der Waals surface area contributed by atoms with E-state index in [1.165, 1.54) is 12.8 Å². The van der Waals surface area contributed by atoms with Gasteiger partial charge in [0.1, 0.15) is 23.5 Å². The van der Waals surface area contributed by atoms with Crippen LogP contribution in [-0.2, 0) is 0 Å². The molecule has 13 heavy (non-hydrogen) atoms. The second-order valence-corrected chi connectivity index (χ2v) is 6.63. The van der Waals surface area contributed by atoms with Crippen molar-refractivity contribution in [3.05, 3.63) is 0 Å². The van der Waals surface area contributed by atoms with Crippen molar-refractivity contribution in [3.63, 3.8) is 0 Å². The van der Waals surface area contributed by atoms with Crippen LogP contribution in [0.1, 0.15) is 40.5 Å². The van der Waals surface area contributed by atoms with Crippen LogP contribution >= 0.6 is 0 Å². The van der Waals surface area contributed by atoms with Crippen molar-refractivity contribution in [1.82, 2.24) is 4.90 Å². The van der Waals surface area contributed by atoms with E-state index < -0.39 is 0 Å². The van der Waals surface area contributed by atoms with Crippen LogP contribution in [0.4, 0.5) is 0 Å². The summed E-state index contributed by atoms with van der Waals surface area (Å²) in [5.41, 5.74) is 0.644. The molecule has 0 saturated carbocycles. The van der Waals surface area contributed by atoms with E-state index >= 15 is 0 Å². The van der Waals surface area contributed by atoms with Crippen molar-refractivity contribution in [2.45, 2.75) is 56.9 Å². The number of rotatable bonds is 0. The second-order valence-electron chi connectivity index (χ2n) is 6.63. The quantitative estimate of drug-likeness (QED) is 0.435. The Morgan fingerprint density at radius 3 is 1.69 bits per heavy atom. The Morgan fingerprint density at radius 1 is 1.08 bits per heavy atom. The zero-order valence-corrected chi connectivity index (χ0v) is 10.4. The molecule has 0 aromatic rings. The van der Waals surface area contributed by atoms with Crippen molar-refractivity contribution in [2.75, 3.05) is 0 Å². The van der Waals surface area contributed by atoms with Gasteiger partial charge in [-0.05, 0) is 44.4 Å². The first-order valence-corrected chi connectivity index (χ1v) is 5.38. The average Bonchev–Trinajstić information content (AvgIpc) is 1.98. The molecule has 0 aromatic carbocycles. The van der Waals surface area contributed by atoms with Gasteiger partial charge < -0.3 is 4.90 Å². The van der Waals surface area contributed by atoms with Gasteiger partial charge in [-0.15, -0.1) is 0 Å². The van der Waals surface area contributed by atoms with Gasteiger partial charge in [-0.1, -0.05) is 6.92 Å². The van der Waals surface area contributed by atoms with E-state index in [0.717, 1.165) is 0 Å². The molecule has 0 amide bonds. The Labute approximate surface area is 85.9 Å². The highest BCUT2D eigenvalue weighted by atomic mass is 15.3. The van der Waals surface area contributed by atoms with E-state index in [-0.39, 0.29) is 5.54 Å². The molecule has 0 aromatic heterocycles. The lowest BCUT2D eigenvalue weighted by Crippen LogP contribution is -2.62. The molecule has 1 fully saturated rings. The second kappa shape index (κ2) is 2.82. The largest absolute Gasteiger partial charge is 0.311 e. The number of hydrogen-bond donors (Lipinski definition) is 0. The summed E-state index contributed by atoms with van der Waals surface area (Å²) in [6.45, 7) is 9.33. The van der Waals surface area contributed by atoms with E-state index in [4.69, 9.17) is 0 Å². The molecular formula is C9H22B3N. The fraction of sp³-hybridized carbons (Fsp3) is 1.00. The third kappa shape index (κ3) is 1.98. The predicted molar refractivity (Wildman–Crippen MR) is 67.6 cm³/mol. The first kappa shape index (κ1) is 11.2. The van der Waals surface area contributed by atoms with Crippen molar-refractivity contribution in [2.24, 2.45) is 0 Å². The predicted octanol–water partition coefficient (Wildman–Crippen LogP) is -0.850. The Morgan fingerprint density at radius 2 is 1.54 bits per heavy atom. The van der Waals surface area contributed by atoms with Gasteiger partial charge in [-0.3, -0.25) is 0 Å². The summed E-state index contributed by atoms with van der Waals surface area (Å²) in [5.74, 6) is 0. The van der Waals surface area contributed by atoms with Gasteiger partial charge in [0.2, 0.25) is 0 Å². The van der Waals surface area contributed by atoms with E-state index in [9.17, 15) is 0 Å². The van der Waals surface area contributed by atoms with Crippen LogP contribution in [0.5, 0.6) is 0 Å². The molecule has 0 spiro atoms. The first-order valence-electron chi connectivity index (χ1n) is 5.38. The topological polar surface area (TPSA) is 3.24 Å². The molecule has 0 N–H and O–H groups in total. The molecule has 1 heterocycles. The Bertz CT molecular complexity index is 189. The summed E-state index contributed by atoms with van der Waals surface area (Å²) in [6, 6.07) is 0. The maximum Gasteiger partial charge on any atom is 0.127 e. The molecule has 1 unspecified atom stereocenters. The third-order valence-electron chi connectivity index (χ3n) is 3.23. The van der Waals surface area contributed by atoms with Crippen molar-refractivity contribution < 1.29 is 0 Å². The molecule has 0 aliphatic carbocycles. The molecule has 0 bridgehead atoms. The summed E-state index contributed by atoms with van der Waals surface area (Å²) in [5, 5.41) is 0.363. The Balaban J connectivity index is 3.02. The minimum Gasteiger partial charge on any atom is -0.311 e.